The SMILES string of the molecule is Cc1cc(CC2CC2(CCCCCc2c(O)cc(O)c(O)c2CCCCC2(C(=O)O)CC2)C(=O)O)c(CCCCC2(C(=O)O)CC2)c(CCCCCC2(C(=O)O)CC2)c1C. The lowest BCUT2D eigenvalue weighted by Crippen LogP contribution is -2.19. The molecule has 0 spiro atoms. The van der Waals surface area contributed by atoms with Crippen LogP contribution in [0.4, 0.5) is 0 Å². The molecule has 2 aromatic rings. The molecule has 11 nitrogen and oxygen atoms in total. The van der Waals surface area contributed by atoms with Gasteiger partial charge in [-0.1, -0.05) is 44.6 Å². The number of hydrogen-bond donors (Lipinski definition) is 7. The Hall–Kier alpha value is -4.28. The monoisotopic (exact) mass is 832 g/mol. The first-order chi connectivity index (χ1) is 28.5. The Morgan fingerprint density at radius 3 is 1.43 bits per heavy atom. The van der Waals surface area contributed by atoms with Crippen LogP contribution >= 0.6 is 0 Å². The van der Waals surface area contributed by atoms with E-state index in [1.807, 2.05) is 0 Å². The topological polar surface area (TPSA) is 210 Å². The third-order valence-corrected chi connectivity index (χ3v) is 15.5. The Balaban J connectivity index is 1.06. The molecule has 11 heteroatoms. The van der Waals surface area contributed by atoms with E-state index < -0.39 is 45.5 Å². The van der Waals surface area contributed by atoms with Crippen molar-refractivity contribution in [2.24, 2.45) is 27.6 Å². The number of aromatic hydroxyl groups is 3. The minimum absolute atomic E-state index is 0.00297. The van der Waals surface area contributed by atoms with Gasteiger partial charge in [-0.2, -0.15) is 0 Å². The summed E-state index contributed by atoms with van der Waals surface area (Å²) in [6.45, 7) is 4.29. The molecular weight excluding hydrogens is 765 g/mol. The molecule has 4 aliphatic rings. The van der Waals surface area contributed by atoms with Gasteiger partial charge in [0.05, 0.1) is 21.7 Å². The van der Waals surface area contributed by atoms with E-state index in [2.05, 4.69) is 19.9 Å². The molecule has 4 aliphatic carbocycles. The Morgan fingerprint density at radius 1 is 0.517 bits per heavy atom. The number of carbonyl (C=O) groups is 4. The highest BCUT2D eigenvalue weighted by molar-refractivity contribution is 5.79. The normalized spacial score (nSPS) is 21.3. The van der Waals surface area contributed by atoms with Crippen LogP contribution in [0.3, 0.4) is 0 Å². The van der Waals surface area contributed by atoms with E-state index >= 15 is 0 Å². The highest BCUT2D eigenvalue weighted by Crippen LogP contribution is 2.58. The van der Waals surface area contributed by atoms with Crippen LogP contribution in [0.25, 0.3) is 0 Å². The second-order valence-corrected chi connectivity index (χ2v) is 19.5. The van der Waals surface area contributed by atoms with Crippen LogP contribution in [-0.4, -0.2) is 59.6 Å². The molecular formula is C49H68O11. The molecule has 6 rings (SSSR count). The van der Waals surface area contributed by atoms with Crippen molar-refractivity contribution in [2.45, 2.75) is 181 Å². The van der Waals surface area contributed by atoms with Crippen LogP contribution in [0.15, 0.2) is 12.1 Å². The molecule has 7 N–H and O–H groups in total. The van der Waals surface area contributed by atoms with E-state index in [-0.39, 0.29) is 23.2 Å². The summed E-state index contributed by atoms with van der Waals surface area (Å²) in [7, 11) is 0. The van der Waals surface area contributed by atoms with Crippen molar-refractivity contribution in [3.05, 3.63) is 51.1 Å². The van der Waals surface area contributed by atoms with Crippen molar-refractivity contribution in [3.63, 3.8) is 0 Å². The second kappa shape index (κ2) is 18.4. The molecule has 330 valence electrons. The lowest BCUT2D eigenvalue weighted by Gasteiger charge is -2.21. The minimum atomic E-state index is -0.808. The molecule has 0 bridgehead atoms. The zero-order valence-electron chi connectivity index (χ0n) is 35.9. The molecule has 4 fully saturated rings. The number of benzene rings is 2. The minimum Gasteiger partial charge on any atom is -0.508 e. The summed E-state index contributed by atoms with van der Waals surface area (Å²) in [5, 5.41) is 71.2. The number of phenols is 3. The summed E-state index contributed by atoms with van der Waals surface area (Å²) in [5.41, 5.74) is 4.80. The van der Waals surface area contributed by atoms with Crippen LogP contribution in [-0.2, 0) is 51.3 Å². The predicted octanol–water partition coefficient (Wildman–Crippen LogP) is 9.98. The standard InChI is InChI=1S/C49H68O11/c1-31-27-33(36(14-7-11-18-47(23-24-47)43(55)56)35(32(31)2)13-5-3-9-17-46(21-22-46)42(53)54)28-34-30-49(34,45(59)60)20-10-4-6-15-37-38(41(52)40(51)29-39(37)50)16-8-12-19-48(25-26-48)44(57)58/h27,29,34,50-52H,3-26,28,30H2,1-2H3,(H,53,54)(H,55,56)(H,57,58)(H,59,60). The molecule has 0 amide bonds. The largest absolute Gasteiger partial charge is 0.508 e. The molecule has 4 saturated carbocycles. The Labute approximate surface area is 354 Å². The van der Waals surface area contributed by atoms with Crippen molar-refractivity contribution in [1.82, 2.24) is 0 Å². The van der Waals surface area contributed by atoms with Gasteiger partial charge < -0.3 is 35.7 Å². The van der Waals surface area contributed by atoms with E-state index in [1.54, 1.807) is 0 Å². The van der Waals surface area contributed by atoms with Crippen LogP contribution in [0.1, 0.15) is 174 Å². The maximum absolute atomic E-state index is 12.9. The fourth-order valence-corrected chi connectivity index (χ4v) is 10.4. The molecule has 2 unspecified atom stereocenters. The highest BCUT2D eigenvalue weighted by Gasteiger charge is 2.59. The fourth-order valence-electron chi connectivity index (χ4n) is 10.4. The van der Waals surface area contributed by atoms with Crippen molar-refractivity contribution in [2.75, 3.05) is 0 Å². The average Bonchev–Trinajstić information content (AvgIpc) is 4.00. The van der Waals surface area contributed by atoms with Crippen molar-refractivity contribution >= 4 is 23.9 Å². The zero-order chi connectivity index (χ0) is 43.5. The van der Waals surface area contributed by atoms with Gasteiger partial charge in [-0.25, -0.2) is 0 Å². The first-order valence-electron chi connectivity index (χ1n) is 22.8. The smallest absolute Gasteiger partial charge is 0.309 e. The van der Waals surface area contributed by atoms with E-state index in [4.69, 9.17) is 0 Å². The van der Waals surface area contributed by atoms with Crippen LogP contribution in [0, 0.1) is 41.4 Å². The number of carboxylic acid groups (broad SMARTS) is 4. The summed E-state index contributed by atoms with van der Waals surface area (Å²) in [4.78, 5) is 48.0. The molecule has 0 aromatic heterocycles. The summed E-state index contributed by atoms with van der Waals surface area (Å²) in [6, 6.07) is 3.40. The quantitative estimate of drug-likeness (QED) is 0.0244. The zero-order valence-corrected chi connectivity index (χ0v) is 35.9. The van der Waals surface area contributed by atoms with Gasteiger partial charge in [-0.05, 0) is 176 Å². The Morgan fingerprint density at radius 2 is 0.950 bits per heavy atom. The molecule has 2 aromatic carbocycles. The van der Waals surface area contributed by atoms with E-state index in [0.29, 0.717) is 94.6 Å². The second-order valence-electron chi connectivity index (χ2n) is 19.5. The lowest BCUT2D eigenvalue weighted by molar-refractivity contribution is -0.145. The first kappa shape index (κ1) is 45.3. The van der Waals surface area contributed by atoms with Gasteiger partial charge in [-0.15, -0.1) is 0 Å². The molecule has 60 heavy (non-hydrogen) atoms. The van der Waals surface area contributed by atoms with Gasteiger partial charge in [0.15, 0.2) is 11.5 Å². The molecule has 2 atom stereocenters. The van der Waals surface area contributed by atoms with E-state index in [1.165, 1.54) is 27.8 Å². The summed E-state index contributed by atoms with van der Waals surface area (Å²) in [6.07, 6.45) is 18.6. The van der Waals surface area contributed by atoms with E-state index in [9.17, 15) is 54.9 Å². The number of phenolic OH excluding ortho intramolecular Hbond substituents is 3. The first-order valence-corrected chi connectivity index (χ1v) is 22.8. The van der Waals surface area contributed by atoms with Crippen molar-refractivity contribution in [1.29, 1.82) is 0 Å². The Kier molecular flexibility index (Phi) is 13.9. The summed E-state index contributed by atoms with van der Waals surface area (Å²) >= 11 is 0. The van der Waals surface area contributed by atoms with Gasteiger partial charge in [0.2, 0.25) is 0 Å². The fraction of sp³-hybridized carbons (Fsp3) is 0.673. The molecule has 0 aliphatic heterocycles. The number of carboxylic acids is 4. The summed E-state index contributed by atoms with van der Waals surface area (Å²) < 4.78 is 0. The number of hydrogen-bond acceptors (Lipinski definition) is 7. The number of aryl methyl sites for hydroxylation is 1. The number of rotatable bonds is 28. The summed E-state index contributed by atoms with van der Waals surface area (Å²) in [5.74, 6) is -3.63. The van der Waals surface area contributed by atoms with E-state index in [0.717, 1.165) is 89.5 Å². The van der Waals surface area contributed by atoms with Gasteiger partial charge >= 0.3 is 23.9 Å². The Bertz CT molecular complexity index is 1930. The molecule has 0 heterocycles. The predicted molar refractivity (Wildman–Crippen MR) is 227 cm³/mol. The molecule has 0 saturated heterocycles. The van der Waals surface area contributed by atoms with Gasteiger partial charge in [0, 0.05) is 17.2 Å². The maximum Gasteiger partial charge on any atom is 0.309 e. The van der Waals surface area contributed by atoms with Crippen LogP contribution in [0.2, 0.25) is 0 Å². The number of unbranched alkanes of at least 4 members (excludes halogenated alkanes) is 6. The third-order valence-electron chi connectivity index (χ3n) is 15.5. The highest BCUT2D eigenvalue weighted by atomic mass is 16.4. The van der Waals surface area contributed by atoms with Gasteiger partial charge in [-0.3, -0.25) is 19.2 Å². The lowest BCUT2D eigenvalue weighted by atomic mass is 9.83. The average molecular weight is 833 g/mol. The maximum atomic E-state index is 12.9. The van der Waals surface area contributed by atoms with Crippen molar-refractivity contribution < 1.29 is 54.9 Å². The van der Waals surface area contributed by atoms with Crippen LogP contribution < -0.4 is 0 Å². The van der Waals surface area contributed by atoms with Gasteiger partial charge in [0.1, 0.15) is 5.75 Å². The number of aliphatic carboxylic acids is 4. The third kappa shape index (κ3) is 10.1. The van der Waals surface area contributed by atoms with Crippen LogP contribution in [0.5, 0.6) is 17.2 Å². The van der Waals surface area contributed by atoms with Gasteiger partial charge in [0.25, 0.3) is 0 Å². The molecule has 0 radical (unpaired) electrons. The van der Waals surface area contributed by atoms with Crippen molar-refractivity contribution in [3.8, 4) is 17.2 Å².